The lowest BCUT2D eigenvalue weighted by molar-refractivity contribution is -0.0964. The van der Waals surface area contributed by atoms with Gasteiger partial charge in [0.2, 0.25) is 0 Å². The SMILES string of the molecule is C=C1CO[C@@H](n2ccc(=O)[nH]c2=O)[C@@H]1OC(c1ccccc1)(c1ccc(OC)cc1)c1ccc(OC)cc1. The van der Waals surface area contributed by atoms with Crippen LogP contribution in [-0.4, -0.2) is 36.5 Å². The molecule has 0 aliphatic carbocycles. The predicted molar refractivity (Wildman–Crippen MR) is 143 cm³/mol. The molecular weight excluding hydrogens is 484 g/mol. The van der Waals surface area contributed by atoms with Crippen LogP contribution in [0.3, 0.4) is 0 Å². The third-order valence-electron chi connectivity index (χ3n) is 6.70. The van der Waals surface area contributed by atoms with Crippen molar-refractivity contribution in [3.63, 3.8) is 0 Å². The van der Waals surface area contributed by atoms with Crippen LogP contribution in [-0.2, 0) is 15.1 Å². The van der Waals surface area contributed by atoms with Crippen LogP contribution < -0.4 is 20.7 Å². The maximum absolute atomic E-state index is 12.7. The van der Waals surface area contributed by atoms with Gasteiger partial charge < -0.3 is 18.9 Å². The van der Waals surface area contributed by atoms with Crippen LogP contribution in [0.25, 0.3) is 0 Å². The van der Waals surface area contributed by atoms with Crippen molar-refractivity contribution in [2.45, 2.75) is 17.9 Å². The molecule has 0 bridgehead atoms. The molecule has 0 unspecified atom stereocenters. The van der Waals surface area contributed by atoms with E-state index in [0.29, 0.717) is 17.1 Å². The molecule has 194 valence electrons. The number of hydrogen-bond acceptors (Lipinski definition) is 6. The van der Waals surface area contributed by atoms with Gasteiger partial charge in [-0.1, -0.05) is 61.2 Å². The predicted octanol–water partition coefficient (Wildman–Crippen LogP) is 4.02. The number of H-pyrrole nitrogens is 1. The highest BCUT2D eigenvalue weighted by atomic mass is 16.6. The Labute approximate surface area is 219 Å². The minimum atomic E-state index is -1.13. The van der Waals surface area contributed by atoms with Gasteiger partial charge in [-0.15, -0.1) is 0 Å². The number of rotatable bonds is 8. The Morgan fingerprint density at radius 2 is 1.39 bits per heavy atom. The molecule has 1 aliphatic rings. The van der Waals surface area contributed by atoms with E-state index in [-0.39, 0.29) is 6.61 Å². The van der Waals surface area contributed by atoms with E-state index in [2.05, 4.69) is 11.6 Å². The number of methoxy groups -OCH3 is 2. The van der Waals surface area contributed by atoms with Gasteiger partial charge in [-0.2, -0.15) is 0 Å². The molecule has 3 aromatic carbocycles. The van der Waals surface area contributed by atoms with Crippen LogP contribution in [0.1, 0.15) is 22.9 Å². The zero-order valence-electron chi connectivity index (χ0n) is 21.1. The van der Waals surface area contributed by atoms with Gasteiger partial charge in [0.05, 0.1) is 20.8 Å². The smallest absolute Gasteiger partial charge is 0.330 e. The number of benzene rings is 3. The van der Waals surface area contributed by atoms with Crippen LogP contribution >= 0.6 is 0 Å². The van der Waals surface area contributed by atoms with E-state index in [4.69, 9.17) is 18.9 Å². The van der Waals surface area contributed by atoms with Crippen molar-refractivity contribution < 1.29 is 18.9 Å². The maximum Gasteiger partial charge on any atom is 0.330 e. The van der Waals surface area contributed by atoms with Crippen LogP contribution in [0.2, 0.25) is 0 Å². The maximum atomic E-state index is 12.7. The third kappa shape index (κ3) is 4.55. The molecule has 0 saturated carbocycles. The molecule has 1 aromatic heterocycles. The quantitative estimate of drug-likeness (QED) is 0.283. The lowest BCUT2D eigenvalue weighted by Crippen LogP contribution is -2.42. The zero-order chi connectivity index (χ0) is 26.7. The summed E-state index contributed by atoms with van der Waals surface area (Å²) in [5, 5.41) is 0. The Morgan fingerprint density at radius 1 is 0.842 bits per heavy atom. The van der Waals surface area contributed by atoms with E-state index in [1.54, 1.807) is 14.2 Å². The summed E-state index contributed by atoms with van der Waals surface area (Å²) < 4.78 is 25.2. The molecule has 1 N–H and O–H groups in total. The van der Waals surface area contributed by atoms with Gasteiger partial charge in [0.1, 0.15) is 23.2 Å². The van der Waals surface area contributed by atoms with Crippen molar-refractivity contribution in [2.75, 3.05) is 20.8 Å². The van der Waals surface area contributed by atoms with Gasteiger partial charge in [-0.25, -0.2) is 4.79 Å². The standard InChI is InChI=1S/C30H28N2O6/c1-20-19-37-28(32-18-17-26(33)31-29(32)34)27(20)38-30(21-7-5-4-6-8-21,22-9-13-24(35-2)14-10-22)23-11-15-25(36-3)16-12-23/h4-18,27-28H,1,19H2,2-3H3,(H,31,33,34)/t27-,28-/m1/s1. The number of nitrogens with zero attached hydrogens (tertiary/aromatic N) is 1. The lowest BCUT2D eigenvalue weighted by Gasteiger charge is -2.39. The molecule has 8 nitrogen and oxygen atoms in total. The summed E-state index contributed by atoms with van der Waals surface area (Å²) in [7, 11) is 3.23. The van der Waals surface area contributed by atoms with Crippen molar-refractivity contribution >= 4 is 0 Å². The fourth-order valence-corrected chi connectivity index (χ4v) is 4.78. The molecule has 2 heterocycles. The second-order valence-corrected chi connectivity index (χ2v) is 8.92. The molecule has 1 aliphatic heterocycles. The summed E-state index contributed by atoms with van der Waals surface area (Å²) in [6, 6.07) is 26.4. The fraction of sp³-hybridized carbons (Fsp3) is 0.200. The van der Waals surface area contributed by atoms with Crippen LogP contribution in [0.5, 0.6) is 11.5 Å². The summed E-state index contributed by atoms with van der Waals surface area (Å²) in [6.07, 6.45) is -0.166. The van der Waals surface area contributed by atoms with E-state index in [0.717, 1.165) is 16.7 Å². The number of aromatic amines is 1. The molecule has 38 heavy (non-hydrogen) atoms. The normalized spacial score (nSPS) is 17.4. The zero-order valence-corrected chi connectivity index (χ0v) is 21.1. The molecule has 1 fully saturated rings. The highest BCUT2D eigenvalue weighted by Crippen LogP contribution is 2.45. The van der Waals surface area contributed by atoms with Gasteiger partial charge in [0.25, 0.3) is 5.56 Å². The summed E-state index contributed by atoms with van der Waals surface area (Å²) in [5.41, 5.74) is 0.980. The summed E-state index contributed by atoms with van der Waals surface area (Å²) in [6.45, 7) is 4.39. The highest BCUT2D eigenvalue weighted by molar-refractivity contribution is 5.50. The Bertz CT molecular complexity index is 1480. The first-order chi connectivity index (χ1) is 18.5. The monoisotopic (exact) mass is 512 g/mol. The highest BCUT2D eigenvalue weighted by Gasteiger charge is 2.45. The van der Waals surface area contributed by atoms with E-state index < -0.39 is 29.2 Å². The van der Waals surface area contributed by atoms with Crippen molar-refractivity contribution in [3.05, 3.63) is 141 Å². The largest absolute Gasteiger partial charge is 0.497 e. The third-order valence-corrected chi connectivity index (χ3v) is 6.70. The molecular formula is C30H28N2O6. The Hall–Kier alpha value is -4.40. The number of hydrogen-bond donors (Lipinski definition) is 1. The minimum Gasteiger partial charge on any atom is -0.497 e. The molecule has 0 radical (unpaired) electrons. The summed E-state index contributed by atoms with van der Waals surface area (Å²) in [4.78, 5) is 26.7. The first kappa shape index (κ1) is 25.3. The van der Waals surface area contributed by atoms with E-state index in [9.17, 15) is 9.59 Å². The van der Waals surface area contributed by atoms with Gasteiger partial charge in [0, 0.05) is 12.3 Å². The second-order valence-electron chi connectivity index (χ2n) is 8.92. The van der Waals surface area contributed by atoms with Gasteiger partial charge in [0.15, 0.2) is 6.23 Å². The molecule has 4 aromatic rings. The molecule has 5 rings (SSSR count). The van der Waals surface area contributed by atoms with Crippen LogP contribution in [0.15, 0.2) is 113 Å². The first-order valence-corrected chi connectivity index (χ1v) is 12.1. The number of nitrogens with one attached hydrogen (secondary N) is 1. The fourth-order valence-electron chi connectivity index (χ4n) is 4.78. The van der Waals surface area contributed by atoms with E-state index in [1.807, 2.05) is 78.9 Å². The topological polar surface area (TPSA) is 91.8 Å². The molecule has 8 heteroatoms. The van der Waals surface area contributed by atoms with E-state index in [1.165, 1.54) is 16.8 Å². The number of aromatic nitrogens is 2. The van der Waals surface area contributed by atoms with Crippen molar-refractivity contribution in [2.24, 2.45) is 0 Å². The van der Waals surface area contributed by atoms with Gasteiger partial charge in [-0.05, 0) is 46.5 Å². The van der Waals surface area contributed by atoms with Crippen LogP contribution in [0, 0.1) is 0 Å². The Morgan fingerprint density at radius 3 is 1.92 bits per heavy atom. The minimum absolute atomic E-state index is 0.191. The molecule has 0 amide bonds. The number of ether oxygens (including phenoxy) is 4. The van der Waals surface area contributed by atoms with Crippen molar-refractivity contribution in [1.29, 1.82) is 0 Å². The van der Waals surface area contributed by atoms with Crippen LogP contribution in [0.4, 0.5) is 0 Å². The molecule has 1 saturated heterocycles. The summed E-state index contributed by atoms with van der Waals surface area (Å²) in [5.74, 6) is 1.41. The average Bonchev–Trinajstić information content (AvgIpc) is 3.31. The van der Waals surface area contributed by atoms with Crippen molar-refractivity contribution in [1.82, 2.24) is 9.55 Å². The molecule has 2 atom stereocenters. The lowest BCUT2D eigenvalue weighted by atomic mass is 9.79. The Kier molecular flexibility index (Phi) is 7.00. The Balaban J connectivity index is 1.73. The van der Waals surface area contributed by atoms with Gasteiger partial charge in [-0.3, -0.25) is 14.3 Å². The second kappa shape index (κ2) is 10.5. The van der Waals surface area contributed by atoms with Gasteiger partial charge >= 0.3 is 5.69 Å². The van der Waals surface area contributed by atoms with Crippen molar-refractivity contribution in [3.8, 4) is 11.5 Å². The average molecular weight is 513 g/mol. The first-order valence-electron chi connectivity index (χ1n) is 12.1. The summed E-state index contributed by atoms with van der Waals surface area (Å²) >= 11 is 0. The molecule has 0 spiro atoms. The van der Waals surface area contributed by atoms with E-state index >= 15 is 0 Å².